The highest BCUT2D eigenvalue weighted by molar-refractivity contribution is 5.83. The van der Waals surface area contributed by atoms with E-state index in [1.807, 2.05) is 26.8 Å². The number of aliphatic carboxylic acids is 1. The molecule has 0 aliphatic heterocycles. The van der Waals surface area contributed by atoms with E-state index in [2.05, 4.69) is 0 Å². The predicted octanol–water partition coefficient (Wildman–Crippen LogP) is 3.60. The fourth-order valence-corrected chi connectivity index (χ4v) is 3.40. The van der Waals surface area contributed by atoms with Gasteiger partial charge in [0.05, 0.1) is 5.41 Å². The molecule has 3 heteroatoms. The van der Waals surface area contributed by atoms with Gasteiger partial charge in [0, 0.05) is 5.56 Å². The minimum absolute atomic E-state index is 0.182. The van der Waals surface area contributed by atoms with Crippen LogP contribution in [-0.4, -0.2) is 16.2 Å². The Morgan fingerprint density at radius 3 is 2.21 bits per heavy atom. The Morgan fingerprint density at radius 2 is 1.68 bits per heavy atom. The van der Waals surface area contributed by atoms with Crippen molar-refractivity contribution in [3.63, 3.8) is 0 Å². The molecular formula is C16H22O3. The number of phenols is 1. The lowest BCUT2D eigenvalue weighted by atomic mass is 9.67. The number of carbonyl (C=O) groups is 1. The van der Waals surface area contributed by atoms with Gasteiger partial charge in [-0.25, -0.2) is 0 Å². The zero-order valence-corrected chi connectivity index (χ0v) is 11.9. The van der Waals surface area contributed by atoms with Crippen molar-refractivity contribution in [1.29, 1.82) is 0 Å². The second kappa shape index (κ2) is 4.87. The van der Waals surface area contributed by atoms with Gasteiger partial charge in [-0.05, 0) is 50.3 Å². The summed E-state index contributed by atoms with van der Waals surface area (Å²) in [5, 5.41) is 20.2. The van der Waals surface area contributed by atoms with E-state index in [0.717, 1.165) is 36.0 Å². The molecule has 0 atom stereocenters. The monoisotopic (exact) mass is 262 g/mol. The number of carboxylic acid groups (broad SMARTS) is 1. The summed E-state index contributed by atoms with van der Waals surface area (Å²) in [6.07, 6.45) is 4.16. The Hall–Kier alpha value is -1.51. The van der Waals surface area contributed by atoms with Crippen molar-refractivity contribution in [1.82, 2.24) is 0 Å². The molecule has 2 rings (SSSR count). The lowest BCUT2D eigenvalue weighted by molar-refractivity contribution is -0.145. The van der Waals surface area contributed by atoms with Gasteiger partial charge in [-0.3, -0.25) is 4.79 Å². The van der Waals surface area contributed by atoms with E-state index in [1.54, 1.807) is 0 Å². The van der Waals surface area contributed by atoms with E-state index >= 15 is 0 Å². The maximum absolute atomic E-state index is 11.9. The summed E-state index contributed by atoms with van der Waals surface area (Å²) in [4.78, 5) is 11.9. The number of aryl methyl sites for hydroxylation is 2. The van der Waals surface area contributed by atoms with Gasteiger partial charge in [-0.1, -0.05) is 25.3 Å². The summed E-state index contributed by atoms with van der Waals surface area (Å²) in [5.74, 6) is -0.615. The summed E-state index contributed by atoms with van der Waals surface area (Å²) in [5.41, 5.74) is 2.44. The number of aromatic hydroxyl groups is 1. The molecule has 19 heavy (non-hydrogen) atoms. The number of hydrogen-bond acceptors (Lipinski definition) is 2. The summed E-state index contributed by atoms with van der Waals surface area (Å²) in [6, 6.07) is 1.99. The van der Waals surface area contributed by atoms with Crippen molar-refractivity contribution in [2.45, 2.75) is 58.3 Å². The van der Waals surface area contributed by atoms with Crippen molar-refractivity contribution in [2.75, 3.05) is 0 Å². The molecule has 3 nitrogen and oxygen atoms in total. The van der Waals surface area contributed by atoms with Crippen LogP contribution in [0, 0.1) is 20.8 Å². The van der Waals surface area contributed by atoms with Crippen LogP contribution in [0.15, 0.2) is 6.07 Å². The normalized spacial score (nSPS) is 18.3. The van der Waals surface area contributed by atoms with Crippen LogP contribution in [0.25, 0.3) is 0 Å². The molecule has 1 aliphatic rings. The first-order valence-electron chi connectivity index (χ1n) is 6.94. The van der Waals surface area contributed by atoms with Gasteiger partial charge >= 0.3 is 5.97 Å². The maximum atomic E-state index is 11.9. The first-order valence-corrected chi connectivity index (χ1v) is 6.94. The van der Waals surface area contributed by atoms with Gasteiger partial charge in [-0.2, -0.15) is 0 Å². The number of rotatable bonds is 2. The summed E-state index contributed by atoms with van der Waals surface area (Å²) in [7, 11) is 0. The highest BCUT2D eigenvalue weighted by atomic mass is 16.4. The van der Waals surface area contributed by atoms with Gasteiger partial charge in [0.1, 0.15) is 5.75 Å². The Balaban J connectivity index is 2.67. The molecule has 0 saturated heterocycles. The molecule has 0 amide bonds. The van der Waals surface area contributed by atoms with E-state index in [9.17, 15) is 15.0 Å². The Kier molecular flexibility index (Phi) is 3.57. The molecule has 1 saturated carbocycles. The average molecular weight is 262 g/mol. The van der Waals surface area contributed by atoms with Crippen LogP contribution in [0.4, 0.5) is 0 Å². The van der Waals surface area contributed by atoms with Crippen molar-refractivity contribution in [3.05, 3.63) is 28.3 Å². The molecule has 1 aromatic rings. The molecule has 2 N–H and O–H groups in total. The van der Waals surface area contributed by atoms with Crippen LogP contribution in [0.1, 0.15) is 54.4 Å². The second-order valence-electron chi connectivity index (χ2n) is 5.81. The van der Waals surface area contributed by atoms with Crippen LogP contribution >= 0.6 is 0 Å². The van der Waals surface area contributed by atoms with E-state index in [4.69, 9.17) is 0 Å². The van der Waals surface area contributed by atoms with E-state index < -0.39 is 11.4 Å². The molecule has 0 unspecified atom stereocenters. The molecule has 0 spiro atoms. The van der Waals surface area contributed by atoms with Gasteiger partial charge in [-0.15, -0.1) is 0 Å². The van der Waals surface area contributed by atoms with Crippen molar-refractivity contribution >= 4 is 5.97 Å². The third-order valence-electron chi connectivity index (χ3n) is 4.61. The molecule has 0 bridgehead atoms. The third kappa shape index (κ3) is 2.11. The Labute approximate surface area is 114 Å². The minimum atomic E-state index is -0.898. The molecule has 104 valence electrons. The van der Waals surface area contributed by atoms with Gasteiger partial charge in [0.25, 0.3) is 0 Å². The second-order valence-corrected chi connectivity index (χ2v) is 5.81. The molecule has 0 aromatic heterocycles. The van der Waals surface area contributed by atoms with E-state index in [1.165, 1.54) is 0 Å². The highest BCUT2D eigenvalue weighted by Gasteiger charge is 2.44. The van der Waals surface area contributed by atoms with E-state index in [-0.39, 0.29) is 5.75 Å². The Morgan fingerprint density at radius 1 is 1.11 bits per heavy atom. The predicted molar refractivity (Wildman–Crippen MR) is 74.7 cm³/mol. The van der Waals surface area contributed by atoms with Crippen LogP contribution in [0.5, 0.6) is 5.75 Å². The molecule has 1 aliphatic carbocycles. The number of phenolic OH excluding ortho intramolecular Hbond substituents is 1. The third-order valence-corrected chi connectivity index (χ3v) is 4.61. The standard InChI is InChI=1S/C16H22O3/c1-10-9-11(2)13(14(17)12(10)3)16(15(18)19)7-5-4-6-8-16/h9,17H,4-8H2,1-3H3,(H,18,19). The zero-order valence-electron chi connectivity index (χ0n) is 11.9. The molecule has 0 heterocycles. The van der Waals surface area contributed by atoms with Crippen molar-refractivity contribution in [2.24, 2.45) is 0 Å². The molecule has 1 fully saturated rings. The first kappa shape index (κ1) is 13.9. The fraction of sp³-hybridized carbons (Fsp3) is 0.562. The summed E-state index contributed by atoms with van der Waals surface area (Å²) >= 11 is 0. The van der Waals surface area contributed by atoms with Crippen LogP contribution in [0.3, 0.4) is 0 Å². The molecule has 1 aromatic carbocycles. The highest BCUT2D eigenvalue weighted by Crippen LogP contribution is 2.46. The minimum Gasteiger partial charge on any atom is -0.507 e. The first-order chi connectivity index (χ1) is 8.90. The van der Waals surface area contributed by atoms with Crippen molar-refractivity contribution < 1.29 is 15.0 Å². The summed E-state index contributed by atoms with van der Waals surface area (Å²) < 4.78 is 0. The van der Waals surface area contributed by atoms with Crippen LogP contribution < -0.4 is 0 Å². The lowest BCUT2D eigenvalue weighted by Gasteiger charge is -2.35. The van der Waals surface area contributed by atoms with E-state index in [0.29, 0.717) is 18.4 Å². The van der Waals surface area contributed by atoms with Crippen LogP contribution in [-0.2, 0) is 10.2 Å². The zero-order chi connectivity index (χ0) is 14.2. The quantitative estimate of drug-likeness (QED) is 0.856. The van der Waals surface area contributed by atoms with Gasteiger partial charge in [0.15, 0.2) is 0 Å². The van der Waals surface area contributed by atoms with Gasteiger partial charge < -0.3 is 10.2 Å². The lowest BCUT2D eigenvalue weighted by Crippen LogP contribution is -2.38. The van der Waals surface area contributed by atoms with Crippen LogP contribution in [0.2, 0.25) is 0 Å². The largest absolute Gasteiger partial charge is 0.507 e. The smallest absolute Gasteiger partial charge is 0.314 e. The Bertz CT molecular complexity index is 511. The molecular weight excluding hydrogens is 240 g/mol. The fourth-order valence-electron chi connectivity index (χ4n) is 3.40. The van der Waals surface area contributed by atoms with Gasteiger partial charge in [0.2, 0.25) is 0 Å². The average Bonchev–Trinajstić information content (AvgIpc) is 2.37. The maximum Gasteiger partial charge on any atom is 0.314 e. The number of benzene rings is 1. The number of carboxylic acids is 1. The van der Waals surface area contributed by atoms with Crippen molar-refractivity contribution in [3.8, 4) is 5.75 Å². The number of hydrogen-bond donors (Lipinski definition) is 2. The summed E-state index contributed by atoms with van der Waals surface area (Å²) in [6.45, 7) is 5.70. The SMILES string of the molecule is Cc1cc(C)c(C2(C(=O)O)CCCCC2)c(O)c1C. The topological polar surface area (TPSA) is 57.5 Å². The molecule has 0 radical (unpaired) electrons.